The molecule has 0 aliphatic rings. The molecule has 66 valence electrons. The van der Waals surface area contributed by atoms with Gasteiger partial charge < -0.3 is 5.73 Å². The van der Waals surface area contributed by atoms with Gasteiger partial charge in [-0.05, 0) is 18.2 Å². The number of hydrogen-bond donors (Lipinski definition) is 1. The second-order valence-corrected chi connectivity index (χ2v) is 2.96. The summed E-state index contributed by atoms with van der Waals surface area (Å²) >= 11 is 5.95. The monoisotopic (exact) mass is 194 g/mol. The van der Waals surface area contributed by atoms with Crippen LogP contribution in [0.15, 0.2) is 30.9 Å². The highest BCUT2D eigenvalue weighted by molar-refractivity contribution is 6.32. The van der Waals surface area contributed by atoms with Crippen molar-refractivity contribution in [2.24, 2.45) is 0 Å². The average molecular weight is 195 g/mol. The van der Waals surface area contributed by atoms with E-state index >= 15 is 0 Å². The van der Waals surface area contributed by atoms with Crippen LogP contribution in [-0.2, 0) is 0 Å². The predicted octanol–water partition coefficient (Wildman–Crippen LogP) is 1.50. The topological polar surface area (TPSA) is 56.7 Å². The Balaban J connectivity index is 2.53. The van der Waals surface area contributed by atoms with E-state index in [4.69, 9.17) is 17.3 Å². The zero-order chi connectivity index (χ0) is 9.26. The highest BCUT2D eigenvalue weighted by atomic mass is 35.5. The Kier molecular flexibility index (Phi) is 1.90. The van der Waals surface area contributed by atoms with Crippen LogP contribution in [0.3, 0.4) is 0 Å². The normalized spacial score (nSPS) is 10.2. The lowest BCUT2D eigenvalue weighted by atomic mass is 10.3. The predicted molar refractivity (Wildman–Crippen MR) is 50.8 cm³/mol. The van der Waals surface area contributed by atoms with E-state index in [2.05, 4.69) is 10.1 Å². The van der Waals surface area contributed by atoms with Crippen molar-refractivity contribution in [3.63, 3.8) is 0 Å². The van der Waals surface area contributed by atoms with Crippen molar-refractivity contribution in [3.8, 4) is 5.69 Å². The molecule has 0 saturated carbocycles. The third kappa shape index (κ3) is 1.48. The Bertz CT molecular complexity index is 410. The second kappa shape index (κ2) is 3.06. The van der Waals surface area contributed by atoms with Gasteiger partial charge in [-0.15, -0.1) is 0 Å². The Labute approximate surface area is 80.0 Å². The molecular weight excluding hydrogens is 188 g/mol. The molecule has 5 heteroatoms. The minimum Gasteiger partial charge on any atom is -0.399 e. The number of nitrogens with two attached hydrogens (primary N) is 1. The summed E-state index contributed by atoms with van der Waals surface area (Å²) in [6.07, 6.45) is 3.03. The van der Waals surface area contributed by atoms with E-state index in [-0.39, 0.29) is 0 Å². The van der Waals surface area contributed by atoms with Crippen LogP contribution in [-0.4, -0.2) is 14.8 Å². The van der Waals surface area contributed by atoms with E-state index in [0.29, 0.717) is 10.7 Å². The number of anilines is 1. The molecular formula is C8H7ClN4. The zero-order valence-electron chi connectivity index (χ0n) is 6.68. The van der Waals surface area contributed by atoms with Crippen molar-refractivity contribution in [1.82, 2.24) is 14.8 Å². The fourth-order valence-corrected chi connectivity index (χ4v) is 1.32. The van der Waals surface area contributed by atoms with Gasteiger partial charge >= 0.3 is 0 Å². The fraction of sp³-hybridized carbons (Fsp3) is 0. The van der Waals surface area contributed by atoms with Crippen molar-refractivity contribution in [2.75, 3.05) is 5.73 Å². The molecule has 0 fully saturated rings. The van der Waals surface area contributed by atoms with Gasteiger partial charge in [0.2, 0.25) is 0 Å². The molecule has 1 aromatic heterocycles. The van der Waals surface area contributed by atoms with Crippen LogP contribution in [0.2, 0.25) is 5.02 Å². The van der Waals surface area contributed by atoms with E-state index in [9.17, 15) is 0 Å². The molecule has 0 aliphatic carbocycles. The first kappa shape index (κ1) is 8.07. The second-order valence-electron chi connectivity index (χ2n) is 2.55. The standard InChI is InChI=1S/C8H7ClN4/c9-7-3-6(10)1-2-8(7)13-5-11-4-12-13/h1-5H,10H2. The van der Waals surface area contributed by atoms with Crippen LogP contribution >= 0.6 is 11.6 Å². The number of rotatable bonds is 1. The summed E-state index contributed by atoms with van der Waals surface area (Å²) in [4.78, 5) is 3.82. The first-order valence-electron chi connectivity index (χ1n) is 3.67. The van der Waals surface area contributed by atoms with Crippen LogP contribution in [0, 0.1) is 0 Å². The molecule has 1 heterocycles. The van der Waals surface area contributed by atoms with Crippen molar-refractivity contribution in [2.45, 2.75) is 0 Å². The molecule has 4 nitrogen and oxygen atoms in total. The summed E-state index contributed by atoms with van der Waals surface area (Å²) in [5.41, 5.74) is 6.96. The Hall–Kier alpha value is -1.55. The summed E-state index contributed by atoms with van der Waals surface area (Å²) in [6.45, 7) is 0. The molecule has 0 atom stereocenters. The van der Waals surface area contributed by atoms with Gasteiger partial charge in [0.15, 0.2) is 0 Å². The van der Waals surface area contributed by atoms with E-state index in [0.717, 1.165) is 5.69 Å². The molecule has 0 radical (unpaired) electrons. The minimum atomic E-state index is 0.561. The number of aromatic nitrogens is 3. The summed E-state index contributed by atoms with van der Waals surface area (Å²) in [5.74, 6) is 0. The van der Waals surface area contributed by atoms with E-state index in [1.165, 1.54) is 6.33 Å². The molecule has 0 bridgehead atoms. The van der Waals surface area contributed by atoms with Crippen LogP contribution in [0.5, 0.6) is 0 Å². The highest BCUT2D eigenvalue weighted by Gasteiger charge is 2.02. The van der Waals surface area contributed by atoms with Gasteiger partial charge in [0.1, 0.15) is 12.7 Å². The SMILES string of the molecule is Nc1ccc(-n2cncn2)c(Cl)c1. The smallest absolute Gasteiger partial charge is 0.138 e. The summed E-state index contributed by atoms with van der Waals surface area (Å²) < 4.78 is 1.59. The number of nitrogen functional groups attached to an aromatic ring is 1. The quantitative estimate of drug-likeness (QED) is 0.700. The first-order chi connectivity index (χ1) is 6.27. The van der Waals surface area contributed by atoms with Crippen molar-refractivity contribution < 1.29 is 0 Å². The average Bonchev–Trinajstić information content (AvgIpc) is 2.56. The Morgan fingerprint density at radius 1 is 1.38 bits per heavy atom. The van der Waals surface area contributed by atoms with E-state index in [1.54, 1.807) is 29.2 Å². The molecule has 0 unspecified atom stereocenters. The van der Waals surface area contributed by atoms with Crippen LogP contribution in [0.25, 0.3) is 5.69 Å². The Morgan fingerprint density at radius 2 is 2.23 bits per heavy atom. The minimum absolute atomic E-state index is 0.561. The van der Waals surface area contributed by atoms with Crippen molar-refractivity contribution >= 4 is 17.3 Å². The molecule has 0 amide bonds. The van der Waals surface area contributed by atoms with Crippen LogP contribution in [0.4, 0.5) is 5.69 Å². The molecule has 0 spiro atoms. The number of hydrogen-bond acceptors (Lipinski definition) is 3. The Morgan fingerprint density at radius 3 is 2.85 bits per heavy atom. The van der Waals surface area contributed by atoms with Gasteiger partial charge in [0.25, 0.3) is 0 Å². The maximum atomic E-state index is 5.95. The molecule has 1 aromatic carbocycles. The summed E-state index contributed by atoms with van der Waals surface area (Å²) in [5, 5.41) is 4.52. The third-order valence-corrected chi connectivity index (χ3v) is 1.94. The van der Waals surface area contributed by atoms with Gasteiger partial charge in [0, 0.05) is 5.69 Å². The molecule has 0 saturated heterocycles. The van der Waals surface area contributed by atoms with Gasteiger partial charge in [-0.3, -0.25) is 0 Å². The maximum absolute atomic E-state index is 5.95. The molecule has 0 aliphatic heterocycles. The fourth-order valence-electron chi connectivity index (χ4n) is 1.04. The molecule has 2 N–H and O–H groups in total. The van der Waals surface area contributed by atoms with Crippen molar-refractivity contribution in [1.29, 1.82) is 0 Å². The lowest BCUT2D eigenvalue weighted by Crippen LogP contribution is -1.96. The lowest BCUT2D eigenvalue weighted by Gasteiger charge is -2.03. The maximum Gasteiger partial charge on any atom is 0.138 e. The van der Waals surface area contributed by atoms with Gasteiger partial charge in [-0.2, -0.15) is 5.10 Å². The van der Waals surface area contributed by atoms with Crippen LogP contribution < -0.4 is 5.73 Å². The summed E-state index contributed by atoms with van der Waals surface area (Å²) in [7, 11) is 0. The number of halogens is 1. The van der Waals surface area contributed by atoms with Gasteiger partial charge in [-0.1, -0.05) is 11.6 Å². The lowest BCUT2D eigenvalue weighted by molar-refractivity contribution is 0.879. The number of benzene rings is 1. The highest BCUT2D eigenvalue weighted by Crippen LogP contribution is 2.21. The van der Waals surface area contributed by atoms with Gasteiger partial charge in [0.05, 0.1) is 10.7 Å². The summed E-state index contributed by atoms with van der Waals surface area (Å²) in [6, 6.07) is 5.24. The van der Waals surface area contributed by atoms with E-state index < -0.39 is 0 Å². The third-order valence-electron chi connectivity index (χ3n) is 1.64. The first-order valence-corrected chi connectivity index (χ1v) is 4.05. The molecule has 2 aromatic rings. The molecule has 13 heavy (non-hydrogen) atoms. The molecule has 2 rings (SSSR count). The number of nitrogens with zero attached hydrogens (tertiary/aromatic N) is 3. The zero-order valence-corrected chi connectivity index (χ0v) is 7.44. The van der Waals surface area contributed by atoms with Crippen LogP contribution in [0.1, 0.15) is 0 Å². The van der Waals surface area contributed by atoms with Crippen molar-refractivity contribution in [3.05, 3.63) is 35.9 Å². The van der Waals surface area contributed by atoms with E-state index in [1.807, 2.05) is 0 Å². The largest absolute Gasteiger partial charge is 0.399 e. The van der Waals surface area contributed by atoms with Gasteiger partial charge in [-0.25, -0.2) is 9.67 Å².